The SMILES string of the molecule is CCOc1ccc(S(=O)(=O)N[C@H](CO)C(=O)O)cc1. The zero-order valence-electron chi connectivity index (χ0n) is 10.2. The number of aliphatic hydroxyl groups excluding tert-OH is 1. The molecule has 1 rings (SSSR count). The van der Waals surface area contributed by atoms with Gasteiger partial charge in [0.05, 0.1) is 18.1 Å². The van der Waals surface area contributed by atoms with E-state index in [2.05, 4.69) is 0 Å². The van der Waals surface area contributed by atoms with Gasteiger partial charge in [-0.05, 0) is 31.2 Å². The number of hydrogen-bond donors (Lipinski definition) is 3. The quantitative estimate of drug-likeness (QED) is 0.641. The van der Waals surface area contributed by atoms with E-state index in [1.807, 2.05) is 4.72 Å². The largest absolute Gasteiger partial charge is 0.494 e. The van der Waals surface area contributed by atoms with Gasteiger partial charge in [-0.1, -0.05) is 0 Å². The van der Waals surface area contributed by atoms with E-state index in [4.69, 9.17) is 14.9 Å². The van der Waals surface area contributed by atoms with Crippen molar-refractivity contribution in [2.24, 2.45) is 0 Å². The van der Waals surface area contributed by atoms with Crippen molar-refractivity contribution in [1.82, 2.24) is 4.72 Å². The lowest BCUT2D eigenvalue weighted by atomic mass is 10.3. The minimum absolute atomic E-state index is 0.101. The van der Waals surface area contributed by atoms with E-state index in [-0.39, 0.29) is 4.90 Å². The fourth-order valence-corrected chi connectivity index (χ4v) is 2.48. The number of hydrogen-bond acceptors (Lipinski definition) is 5. The Morgan fingerprint density at radius 2 is 1.95 bits per heavy atom. The Morgan fingerprint density at radius 3 is 2.37 bits per heavy atom. The Morgan fingerprint density at radius 1 is 1.37 bits per heavy atom. The van der Waals surface area contributed by atoms with Crippen LogP contribution >= 0.6 is 0 Å². The molecule has 1 aromatic rings. The molecule has 0 bridgehead atoms. The normalized spacial score (nSPS) is 12.9. The predicted molar refractivity (Wildman–Crippen MR) is 66.4 cm³/mol. The average molecular weight is 289 g/mol. The van der Waals surface area contributed by atoms with Crippen molar-refractivity contribution >= 4 is 16.0 Å². The van der Waals surface area contributed by atoms with E-state index < -0.39 is 28.6 Å². The van der Waals surface area contributed by atoms with Gasteiger partial charge in [0.15, 0.2) is 0 Å². The van der Waals surface area contributed by atoms with Crippen molar-refractivity contribution in [3.05, 3.63) is 24.3 Å². The Kier molecular flexibility index (Phi) is 5.28. The maximum Gasteiger partial charge on any atom is 0.324 e. The fraction of sp³-hybridized carbons (Fsp3) is 0.364. The lowest BCUT2D eigenvalue weighted by Gasteiger charge is -2.12. The van der Waals surface area contributed by atoms with Crippen LogP contribution in [0.3, 0.4) is 0 Å². The van der Waals surface area contributed by atoms with E-state index in [0.717, 1.165) is 0 Å². The van der Waals surface area contributed by atoms with Gasteiger partial charge in [0.1, 0.15) is 11.8 Å². The average Bonchev–Trinajstić information content (AvgIpc) is 2.37. The molecule has 0 amide bonds. The molecule has 0 saturated carbocycles. The van der Waals surface area contributed by atoms with Gasteiger partial charge in [0.25, 0.3) is 0 Å². The minimum Gasteiger partial charge on any atom is -0.494 e. The molecule has 0 aliphatic carbocycles. The van der Waals surface area contributed by atoms with Crippen LogP contribution in [-0.2, 0) is 14.8 Å². The number of aliphatic carboxylic acids is 1. The van der Waals surface area contributed by atoms with E-state index in [1.165, 1.54) is 24.3 Å². The molecule has 0 heterocycles. The zero-order chi connectivity index (χ0) is 14.5. The molecule has 0 saturated heterocycles. The van der Waals surface area contributed by atoms with Gasteiger partial charge in [-0.2, -0.15) is 4.72 Å². The number of benzene rings is 1. The first-order valence-corrected chi connectivity index (χ1v) is 6.98. The summed E-state index contributed by atoms with van der Waals surface area (Å²) in [6.07, 6.45) is 0. The molecule has 0 aliphatic heterocycles. The van der Waals surface area contributed by atoms with Crippen LogP contribution in [0.25, 0.3) is 0 Å². The van der Waals surface area contributed by atoms with Crippen LogP contribution in [0.15, 0.2) is 29.2 Å². The number of ether oxygens (including phenoxy) is 1. The third-order valence-corrected chi connectivity index (χ3v) is 3.71. The lowest BCUT2D eigenvalue weighted by Crippen LogP contribution is -2.43. The number of carboxylic acid groups (broad SMARTS) is 1. The van der Waals surface area contributed by atoms with Crippen LogP contribution in [0.2, 0.25) is 0 Å². The van der Waals surface area contributed by atoms with E-state index in [9.17, 15) is 13.2 Å². The molecule has 0 unspecified atom stereocenters. The number of carboxylic acids is 1. The monoisotopic (exact) mass is 289 g/mol. The first-order chi connectivity index (χ1) is 8.90. The Balaban J connectivity index is 2.90. The molecule has 0 radical (unpaired) electrons. The molecule has 106 valence electrons. The third-order valence-electron chi connectivity index (χ3n) is 2.22. The predicted octanol–water partition coefficient (Wildman–Crippen LogP) is -0.191. The molecule has 0 aliphatic rings. The molecule has 0 fully saturated rings. The number of rotatable bonds is 7. The highest BCUT2D eigenvalue weighted by atomic mass is 32.2. The summed E-state index contributed by atoms with van der Waals surface area (Å²) >= 11 is 0. The Labute approximate surface area is 110 Å². The van der Waals surface area contributed by atoms with Gasteiger partial charge in [-0.15, -0.1) is 0 Å². The Hall–Kier alpha value is -1.64. The van der Waals surface area contributed by atoms with Crippen LogP contribution in [0, 0.1) is 0 Å². The first-order valence-electron chi connectivity index (χ1n) is 5.49. The highest BCUT2D eigenvalue weighted by Crippen LogP contribution is 2.16. The molecular formula is C11H15NO6S. The molecule has 1 atom stereocenters. The van der Waals surface area contributed by atoms with Crippen LogP contribution in [0.4, 0.5) is 0 Å². The molecule has 0 aromatic heterocycles. The number of carbonyl (C=O) groups is 1. The second kappa shape index (κ2) is 6.50. The topological polar surface area (TPSA) is 113 Å². The second-order valence-corrected chi connectivity index (χ2v) is 5.31. The lowest BCUT2D eigenvalue weighted by molar-refractivity contribution is -0.139. The molecule has 8 heteroatoms. The van der Waals surface area contributed by atoms with E-state index in [1.54, 1.807) is 6.92 Å². The summed E-state index contributed by atoms with van der Waals surface area (Å²) < 4.78 is 30.8. The summed E-state index contributed by atoms with van der Waals surface area (Å²) in [4.78, 5) is 10.6. The van der Waals surface area contributed by atoms with Gasteiger partial charge in [-0.3, -0.25) is 4.79 Å². The summed E-state index contributed by atoms with van der Waals surface area (Å²) in [7, 11) is -3.99. The van der Waals surface area contributed by atoms with Crippen molar-refractivity contribution in [3.8, 4) is 5.75 Å². The molecular weight excluding hydrogens is 274 g/mol. The second-order valence-electron chi connectivity index (χ2n) is 3.60. The van der Waals surface area contributed by atoms with Crippen molar-refractivity contribution in [2.75, 3.05) is 13.2 Å². The number of aliphatic hydroxyl groups is 1. The molecule has 0 spiro atoms. The summed E-state index contributed by atoms with van der Waals surface area (Å²) in [6.45, 7) is 1.42. The van der Waals surface area contributed by atoms with Crippen molar-refractivity contribution in [1.29, 1.82) is 0 Å². The number of sulfonamides is 1. The van der Waals surface area contributed by atoms with Crippen LogP contribution in [0.1, 0.15) is 6.92 Å². The van der Waals surface area contributed by atoms with Gasteiger partial charge in [0.2, 0.25) is 10.0 Å². The smallest absolute Gasteiger partial charge is 0.324 e. The van der Waals surface area contributed by atoms with Crippen molar-refractivity contribution in [2.45, 2.75) is 17.9 Å². The maximum absolute atomic E-state index is 11.8. The third kappa shape index (κ3) is 4.19. The molecule has 19 heavy (non-hydrogen) atoms. The van der Waals surface area contributed by atoms with Crippen LogP contribution in [0.5, 0.6) is 5.75 Å². The van der Waals surface area contributed by atoms with Crippen molar-refractivity contribution in [3.63, 3.8) is 0 Å². The summed E-state index contributed by atoms with van der Waals surface area (Å²) in [5.41, 5.74) is 0. The van der Waals surface area contributed by atoms with Gasteiger partial charge < -0.3 is 14.9 Å². The van der Waals surface area contributed by atoms with Gasteiger partial charge in [-0.25, -0.2) is 8.42 Å². The van der Waals surface area contributed by atoms with E-state index in [0.29, 0.717) is 12.4 Å². The first kappa shape index (κ1) is 15.4. The molecule has 3 N–H and O–H groups in total. The summed E-state index contributed by atoms with van der Waals surface area (Å²) in [5, 5.41) is 17.5. The summed E-state index contributed by atoms with van der Waals surface area (Å²) in [6, 6.07) is 3.95. The van der Waals surface area contributed by atoms with Gasteiger partial charge >= 0.3 is 5.97 Å². The summed E-state index contributed by atoms with van der Waals surface area (Å²) in [5.74, 6) is -0.935. The van der Waals surface area contributed by atoms with Crippen LogP contribution in [-0.4, -0.2) is 43.9 Å². The highest BCUT2D eigenvalue weighted by molar-refractivity contribution is 7.89. The van der Waals surface area contributed by atoms with Crippen molar-refractivity contribution < 1.29 is 28.2 Å². The zero-order valence-corrected chi connectivity index (χ0v) is 11.1. The van der Waals surface area contributed by atoms with Gasteiger partial charge in [0, 0.05) is 0 Å². The fourth-order valence-electron chi connectivity index (χ4n) is 1.30. The van der Waals surface area contributed by atoms with E-state index >= 15 is 0 Å². The number of nitrogens with one attached hydrogen (secondary N) is 1. The molecule has 7 nitrogen and oxygen atoms in total. The van der Waals surface area contributed by atoms with Crippen LogP contribution < -0.4 is 9.46 Å². The maximum atomic E-state index is 11.8. The minimum atomic E-state index is -3.99. The Bertz CT molecular complexity index is 525. The standard InChI is InChI=1S/C11H15NO6S/c1-2-18-8-3-5-9(6-4-8)19(16,17)12-10(7-13)11(14)15/h3-6,10,12-13H,2,7H2,1H3,(H,14,15)/t10-/m1/s1. The highest BCUT2D eigenvalue weighted by Gasteiger charge is 2.24. The molecule has 1 aromatic carbocycles.